The van der Waals surface area contributed by atoms with Gasteiger partial charge in [-0.05, 0) is 43.7 Å². The molecule has 1 heterocycles. The zero-order valence-electron chi connectivity index (χ0n) is 9.77. The highest BCUT2D eigenvalue weighted by Crippen LogP contribution is 2.21. The van der Waals surface area contributed by atoms with Gasteiger partial charge in [0.15, 0.2) is 0 Å². The number of nitrogens with zero attached hydrogens (tertiary/aromatic N) is 1. The summed E-state index contributed by atoms with van der Waals surface area (Å²) in [6, 6.07) is 8.29. The van der Waals surface area contributed by atoms with Gasteiger partial charge in [-0.2, -0.15) is 0 Å². The summed E-state index contributed by atoms with van der Waals surface area (Å²) in [5, 5.41) is 10.0. The molecule has 0 spiro atoms. The van der Waals surface area contributed by atoms with Gasteiger partial charge in [0.05, 0.1) is 5.69 Å². The molecule has 0 aliphatic carbocycles. The first-order valence-corrected chi connectivity index (χ1v) is 5.29. The molecule has 0 fully saturated rings. The Labute approximate surface area is 98.9 Å². The second-order valence-corrected chi connectivity index (χ2v) is 4.04. The summed E-state index contributed by atoms with van der Waals surface area (Å²) in [5.74, 6) is -0.0280. The highest BCUT2D eigenvalue weighted by Gasteiger charge is 2.10. The van der Waals surface area contributed by atoms with Crippen LogP contribution in [0.4, 0.5) is 5.69 Å². The zero-order chi connectivity index (χ0) is 12.6. The maximum Gasteiger partial charge on any atom is 0.258 e. The molecule has 2 aromatic rings. The Morgan fingerprint density at radius 1 is 1.18 bits per heavy atom. The van der Waals surface area contributed by atoms with Gasteiger partial charge in [-0.15, -0.1) is 0 Å². The fourth-order valence-electron chi connectivity index (χ4n) is 1.68. The third kappa shape index (κ3) is 1.89. The number of aryl methyl sites for hydroxylation is 1. The van der Waals surface area contributed by atoms with Crippen molar-refractivity contribution in [3.05, 3.63) is 51.8 Å². The Hall–Kier alpha value is -2.23. The van der Waals surface area contributed by atoms with Crippen LogP contribution in [-0.4, -0.2) is 9.67 Å². The normalized spacial score (nSPS) is 10.5. The second kappa shape index (κ2) is 3.97. The third-order valence-corrected chi connectivity index (χ3v) is 2.85. The lowest BCUT2D eigenvalue weighted by atomic mass is 10.1. The van der Waals surface area contributed by atoms with Gasteiger partial charge in [-0.1, -0.05) is 0 Å². The summed E-state index contributed by atoms with van der Waals surface area (Å²) < 4.78 is 1.27. The summed E-state index contributed by atoms with van der Waals surface area (Å²) in [7, 11) is 0. The van der Waals surface area contributed by atoms with Crippen LogP contribution in [0, 0.1) is 13.8 Å². The number of nitrogen functional groups attached to an aromatic ring is 1. The molecular formula is C13H14N2O2. The first kappa shape index (κ1) is 11.3. The summed E-state index contributed by atoms with van der Waals surface area (Å²) in [6.45, 7) is 3.57. The Morgan fingerprint density at radius 3 is 2.35 bits per heavy atom. The van der Waals surface area contributed by atoms with Crippen LogP contribution in [0.5, 0.6) is 5.88 Å². The maximum atomic E-state index is 11.9. The van der Waals surface area contributed by atoms with Crippen LogP contribution in [0.2, 0.25) is 0 Å². The van der Waals surface area contributed by atoms with Gasteiger partial charge in [-0.3, -0.25) is 4.79 Å². The fraction of sp³-hybridized carbons (Fsp3) is 0.154. The van der Waals surface area contributed by atoms with Crippen LogP contribution in [0.3, 0.4) is 0 Å². The largest absolute Gasteiger partial charge is 0.494 e. The summed E-state index contributed by atoms with van der Waals surface area (Å²) >= 11 is 0. The van der Waals surface area contributed by atoms with Crippen molar-refractivity contribution in [2.75, 3.05) is 5.73 Å². The molecule has 0 saturated heterocycles. The minimum absolute atomic E-state index is 0.0280. The SMILES string of the molecule is Cc1cc(=O)n(-c2ccc(N)cc2)c(O)c1C. The lowest BCUT2D eigenvalue weighted by Crippen LogP contribution is -2.18. The molecule has 0 aliphatic rings. The van der Waals surface area contributed by atoms with Crippen molar-refractivity contribution in [2.45, 2.75) is 13.8 Å². The number of anilines is 1. The van der Waals surface area contributed by atoms with Gasteiger partial charge in [0.2, 0.25) is 5.88 Å². The van der Waals surface area contributed by atoms with E-state index in [1.165, 1.54) is 10.6 Å². The van der Waals surface area contributed by atoms with Crippen molar-refractivity contribution in [1.82, 2.24) is 4.57 Å². The van der Waals surface area contributed by atoms with E-state index in [1.807, 2.05) is 0 Å². The molecule has 4 nitrogen and oxygen atoms in total. The van der Waals surface area contributed by atoms with Gasteiger partial charge < -0.3 is 10.8 Å². The second-order valence-electron chi connectivity index (χ2n) is 4.04. The number of benzene rings is 1. The fourth-order valence-corrected chi connectivity index (χ4v) is 1.68. The van der Waals surface area contributed by atoms with Gasteiger partial charge in [0, 0.05) is 17.3 Å². The molecule has 0 bridgehead atoms. The van der Waals surface area contributed by atoms with E-state index in [9.17, 15) is 9.90 Å². The van der Waals surface area contributed by atoms with Crippen LogP contribution in [0.15, 0.2) is 35.1 Å². The van der Waals surface area contributed by atoms with Crippen molar-refractivity contribution >= 4 is 5.69 Å². The predicted octanol–water partition coefficient (Wildman–Crippen LogP) is 1.74. The molecule has 0 unspecified atom stereocenters. The lowest BCUT2D eigenvalue weighted by molar-refractivity contribution is 0.430. The molecule has 0 atom stereocenters. The summed E-state index contributed by atoms with van der Waals surface area (Å²) in [4.78, 5) is 11.9. The molecular weight excluding hydrogens is 216 g/mol. The Bertz CT molecular complexity index is 613. The van der Waals surface area contributed by atoms with E-state index in [4.69, 9.17) is 5.73 Å². The van der Waals surface area contributed by atoms with Crippen LogP contribution in [0.1, 0.15) is 11.1 Å². The van der Waals surface area contributed by atoms with Crippen molar-refractivity contribution < 1.29 is 5.11 Å². The quantitative estimate of drug-likeness (QED) is 0.733. The van der Waals surface area contributed by atoms with Crippen molar-refractivity contribution in [3.8, 4) is 11.6 Å². The van der Waals surface area contributed by atoms with E-state index in [2.05, 4.69) is 0 Å². The number of aromatic nitrogens is 1. The molecule has 1 aromatic carbocycles. The standard InChI is InChI=1S/C13H14N2O2/c1-8-7-12(16)15(13(17)9(8)2)11-5-3-10(14)4-6-11/h3-7,17H,14H2,1-2H3. The zero-order valence-corrected chi connectivity index (χ0v) is 9.77. The molecule has 2 rings (SSSR count). The Balaban J connectivity index is 2.72. The smallest absolute Gasteiger partial charge is 0.258 e. The molecule has 0 saturated carbocycles. The van der Waals surface area contributed by atoms with E-state index in [0.29, 0.717) is 16.9 Å². The highest BCUT2D eigenvalue weighted by molar-refractivity contribution is 5.48. The molecule has 0 radical (unpaired) electrons. The van der Waals surface area contributed by atoms with Gasteiger partial charge >= 0.3 is 0 Å². The van der Waals surface area contributed by atoms with E-state index < -0.39 is 0 Å². The van der Waals surface area contributed by atoms with Crippen LogP contribution in [0.25, 0.3) is 5.69 Å². The maximum absolute atomic E-state index is 11.9. The molecule has 1 aromatic heterocycles. The van der Waals surface area contributed by atoms with Gasteiger partial charge in [0.1, 0.15) is 0 Å². The average Bonchev–Trinajstić information content (AvgIpc) is 2.29. The summed E-state index contributed by atoms with van der Waals surface area (Å²) in [5.41, 5.74) is 8.02. The third-order valence-electron chi connectivity index (χ3n) is 2.85. The minimum atomic E-state index is -0.254. The molecule has 0 amide bonds. The number of hydrogen-bond acceptors (Lipinski definition) is 3. The van der Waals surface area contributed by atoms with Gasteiger partial charge in [0.25, 0.3) is 5.56 Å². The predicted molar refractivity (Wildman–Crippen MR) is 67.6 cm³/mol. The number of pyridine rings is 1. The topological polar surface area (TPSA) is 68.2 Å². The monoisotopic (exact) mass is 230 g/mol. The average molecular weight is 230 g/mol. The van der Waals surface area contributed by atoms with Gasteiger partial charge in [-0.25, -0.2) is 4.57 Å². The molecule has 17 heavy (non-hydrogen) atoms. The minimum Gasteiger partial charge on any atom is -0.494 e. The first-order valence-electron chi connectivity index (χ1n) is 5.29. The van der Waals surface area contributed by atoms with Crippen molar-refractivity contribution in [1.29, 1.82) is 0 Å². The van der Waals surface area contributed by atoms with Crippen LogP contribution >= 0.6 is 0 Å². The molecule has 4 heteroatoms. The highest BCUT2D eigenvalue weighted by atomic mass is 16.3. The molecule has 0 aliphatic heterocycles. The Kier molecular flexibility index (Phi) is 2.63. The van der Waals surface area contributed by atoms with E-state index in [-0.39, 0.29) is 11.4 Å². The molecule has 3 N–H and O–H groups in total. The van der Waals surface area contributed by atoms with Crippen molar-refractivity contribution in [3.63, 3.8) is 0 Å². The first-order chi connectivity index (χ1) is 8.00. The summed E-state index contributed by atoms with van der Waals surface area (Å²) in [6.07, 6.45) is 0. The van der Waals surface area contributed by atoms with Crippen LogP contribution in [-0.2, 0) is 0 Å². The van der Waals surface area contributed by atoms with Crippen LogP contribution < -0.4 is 11.3 Å². The van der Waals surface area contributed by atoms with E-state index in [0.717, 1.165) is 5.56 Å². The lowest BCUT2D eigenvalue weighted by Gasteiger charge is -2.12. The number of nitrogens with two attached hydrogens (primary N) is 1. The Morgan fingerprint density at radius 2 is 1.76 bits per heavy atom. The van der Waals surface area contributed by atoms with E-state index in [1.54, 1.807) is 38.1 Å². The van der Waals surface area contributed by atoms with E-state index >= 15 is 0 Å². The molecule has 88 valence electrons. The number of hydrogen-bond donors (Lipinski definition) is 2. The number of rotatable bonds is 1. The van der Waals surface area contributed by atoms with Crippen molar-refractivity contribution in [2.24, 2.45) is 0 Å². The number of aromatic hydroxyl groups is 1.